The number of hydrogen-bond acceptors (Lipinski definition) is 1. The standard InChI is InChI=1S/C12H12Cl2O2/c1-2-8(6-7-11(15)16)12-9(13)4-3-5-10(12)14/h3-6H,2,7H2,1H3,(H,15,16)/b8-6+. The van der Waals surface area contributed by atoms with E-state index in [0.717, 1.165) is 11.1 Å². The van der Waals surface area contributed by atoms with Crippen LogP contribution in [0.15, 0.2) is 24.3 Å². The van der Waals surface area contributed by atoms with Gasteiger partial charge in [-0.25, -0.2) is 0 Å². The van der Waals surface area contributed by atoms with Crippen molar-refractivity contribution in [3.8, 4) is 0 Å². The number of rotatable bonds is 4. The van der Waals surface area contributed by atoms with Gasteiger partial charge < -0.3 is 5.11 Å². The predicted octanol–water partition coefficient (Wildman–Crippen LogP) is 4.26. The summed E-state index contributed by atoms with van der Waals surface area (Å²) in [6, 6.07) is 5.25. The van der Waals surface area contributed by atoms with Crippen LogP contribution in [0.25, 0.3) is 5.57 Å². The van der Waals surface area contributed by atoms with Crippen LogP contribution in [0.2, 0.25) is 10.0 Å². The summed E-state index contributed by atoms with van der Waals surface area (Å²) in [5, 5.41) is 9.73. The topological polar surface area (TPSA) is 37.3 Å². The largest absolute Gasteiger partial charge is 0.481 e. The Bertz CT molecular complexity index is 405. The lowest BCUT2D eigenvalue weighted by molar-refractivity contribution is -0.135. The molecule has 1 N–H and O–H groups in total. The van der Waals surface area contributed by atoms with E-state index in [4.69, 9.17) is 28.3 Å². The Kier molecular flexibility index (Phi) is 4.84. The second kappa shape index (κ2) is 5.92. The van der Waals surface area contributed by atoms with Crippen molar-refractivity contribution >= 4 is 34.7 Å². The summed E-state index contributed by atoms with van der Waals surface area (Å²) in [5.74, 6) is -0.867. The lowest BCUT2D eigenvalue weighted by atomic mass is 10.0. The zero-order valence-electron chi connectivity index (χ0n) is 8.84. The third kappa shape index (κ3) is 3.26. The van der Waals surface area contributed by atoms with E-state index in [1.807, 2.05) is 6.92 Å². The van der Waals surface area contributed by atoms with Crippen molar-refractivity contribution in [2.45, 2.75) is 19.8 Å². The van der Waals surface area contributed by atoms with Gasteiger partial charge in [0.05, 0.1) is 6.42 Å². The smallest absolute Gasteiger partial charge is 0.307 e. The SMILES string of the molecule is CC/C(=C\CC(=O)O)c1c(Cl)cccc1Cl. The molecule has 0 heterocycles. The summed E-state index contributed by atoms with van der Waals surface area (Å²) in [6.07, 6.45) is 2.32. The third-order valence-corrected chi connectivity index (χ3v) is 2.82. The number of aliphatic carboxylic acids is 1. The Morgan fingerprint density at radius 1 is 1.38 bits per heavy atom. The fraction of sp³-hybridized carbons (Fsp3) is 0.250. The number of benzene rings is 1. The molecule has 2 nitrogen and oxygen atoms in total. The van der Waals surface area contributed by atoms with Crippen LogP contribution in [0, 0.1) is 0 Å². The highest BCUT2D eigenvalue weighted by Gasteiger charge is 2.09. The first-order valence-corrected chi connectivity index (χ1v) is 5.67. The first-order chi connectivity index (χ1) is 7.56. The molecule has 0 aliphatic carbocycles. The average molecular weight is 259 g/mol. The van der Waals surface area contributed by atoms with E-state index < -0.39 is 5.97 Å². The number of allylic oxidation sites excluding steroid dienone is 1. The average Bonchev–Trinajstić information content (AvgIpc) is 2.22. The molecule has 0 unspecified atom stereocenters. The quantitative estimate of drug-likeness (QED) is 0.877. The molecule has 0 fully saturated rings. The first-order valence-electron chi connectivity index (χ1n) is 4.91. The van der Waals surface area contributed by atoms with Gasteiger partial charge in [0.15, 0.2) is 0 Å². The van der Waals surface area contributed by atoms with E-state index in [0.29, 0.717) is 16.5 Å². The van der Waals surface area contributed by atoms with Crippen LogP contribution in [0.1, 0.15) is 25.3 Å². The van der Waals surface area contributed by atoms with E-state index in [2.05, 4.69) is 0 Å². The minimum Gasteiger partial charge on any atom is -0.481 e. The van der Waals surface area contributed by atoms with Gasteiger partial charge in [-0.15, -0.1) is 0 Å². The highest BCUT2D eigenvalue weighted by molar-refractivity contribution is 6.37. The van der Waals surface area contributed by atoms with Crippen molar-refractivity contribution in [2.75, 3.05) is 0 Å². The highest BCUT2D eigenvalue weighted by atomic mass is 35.5. The van der Waals surface area contributed by atoms with Gasteiger partial charge in [0.2, 0.25) is 0 Å². The molecule has 1 aromatic carbocycles. The summed E-state index contributed by atoms with van der Waals surface area (Å²) >= 11 is 12.1. The fourth-order valence-electron chi connectivity index (χ4n) is 1.44. The first kappa shape index (κ1) is 13.1. The molecule has 0 aliphatic rings. The van der Waals surface area contributed by atoms with E-state index in [1.54, 1.807) is 24.3 Å². The molecule has 16 heavy (non-hydrogen) atoms. The van der Waals surface area contributed by atoms with Crippen LogP contribution in [-0.4, -0.2) is 11.1 Å². The van der Waals surface area contributed by atoms with Crippen LogP contribution in [0.3, 0.4) is 0 Å². The maximum atomic E-state index is 10.5. The van der Waals surface area contributed by atoms with Gasteiger partial charge in [0, 0.05) is 15.6 Å². The maximum absolute atomic E-state index is 10.5. The number of hydrogen-bond donors (Lipinski definition) is 1. The molecule has 86 valence electrons. The minimum atomic E-state index is -0.867. The van der Waals surface area contributed by atoms with Crippen molar-refractivity contribution < 1.29 is 9.90 Å². The lowest BCUT2D eigenvalue weighted by Crippen LogP contribution is -1.93. The van der Waals surface area contributed by atoms with Gasteiger partial charge in [0.25, 0.3) is 0 Å². The molecule has 0 spiro atoms. The molecule has 0 radical (unpaired) electrons. The van der Waals surface area contributed by atoms with E-state index in [1.165, 1.54) is 0 Å². The Labute approximate surface area is 104 Å². The number of carbonyl (C=O) groups is 1. The van der Waals surface area contributed by atoms with Crippen LogP contribution >= 0.6 is 23.2 Å². The lowest BCUT2D eigenvalue weighted by Gasteiger charge is -2.09. The van der Waals surface area contributed by atoms with Gasteiger partial charge in [0.1, 0.15) is 0 Å². The molecule has 1 aromatic rings. The maximum Gasteiger partial charge on any atom is 0.307 e. The molecule has 4 heteroatoms. The summed E-state index contributed by atoms with van der Waals surface area (Å²) in [6.45, 7) is 1.94. The summed E-state index contributed by atoms with van der Waals surface area (Å²) in [5.41, 5.74) is 1.59. The van der Waals surface area contributed by atoms with Crippen molar-refractivity contribution in [1.82, 2.24) is 0 Å². The minimum absolute atomic E-state index is 0.0231. The Balaban J connectivity index is 3.13. The van der Waals surface area contributed by atoms with Crippen LogP contribution in [0.5, 0.6) is 0 Å². The Morgan fingerprint density at radius 2 is 1.94 bits per heavy atom. The van der Waals surface area contributed by atoms with Gasteiger partial charge in [-0.1, -0.05) is 42.3 Å². The molecular weight excluding hydrogens is 247 g/mol. The van der Waals surface area contributed by atoms with Gasteiger partial charge in [-0.2, -0.15) is 0 Å². The van der Waals surface area contributed by atoms with Crippen LogP contribution in [-0.2, 0) is 4.79 Å². The zero-order chi connectivity index (χ0) is 12.1. The second-order valence-corrected chi connectivity index (χ2v) is 4.09. The monoisotopic (exact) mass is 258 g/mol. The molecule has 0 saturated heterocycles. The van der Waals surface area contributed by atoms with Gasteiger partial charge in [-0.3, -0.25) is 4.79 Å². The summed E-state index contributed by atoms with van der Waals surface area (Å²) in [7, 11) is 0. The normalized spacial score (nSPS) is 11.6. The number of carboxylic acid groups (broad SMARTS) is 1. The van der Waals surface area contributed by atoms with Crippen molar-refractivity contribution in [3.63, 3.8) is 0 Å². The Morgan fingerprint density at radius 3 is 2.38 bits per heavy atom. The molecule has 0 saturated carbocycles. The predicted molar refractivity (Wildman–Crippen MR) is 67.0 cm³/mol. The summed E-state index contributed by atoms with van der Waals surface area (Å²) in [4.78, 5) is 10.5. The zero-order valence-corrected chi connectivity index (χ0v) is 10.3. The van der Waals surface area contributed by atoms with Crippen molar-refractivity contribution in [2.24, 2.45) is 0 Å². The van der Waals surface area contributed by atoms with Gasteiger partial charge >= 0.3 is 5.97 Å². The molecular formula is C12H12Cl2O2. The number of carboxylic acids is 1. The third-order valence-electron chi connectivity index (χ3n) is 2.19. The Hall–Kier alpha value is -0.990. The van der Waals surface area contributed by atoms with E-state index in [-0.39, 0.29) is 6.42 Å². The van der Waals surface area contributed by atoms with E-state index in [9.17, 15) is 4.79 Å². The van der Waals surface area contributed by atoms with Gasteiger partial charge in [-0.05, 0) is 24.1 Å². The van der Waals surface area contributed by atoms with Crippen molar-refractivity contribution in [3.05, 3.63) is 39.9 Å². The number of halogens is 2. The van der Waals surface area contributed by atoms with Crippen LogP contribution < -0.4 is 0 Å². The molecule has 0 aromatic heterocycles. The highest BCUT2D eigenvalue weighted by Crippen LogP contribution is 2.32. The molecule has 0 aliphatic heterocycles. The van der Waals surface area contributed by atoms with E-state index >= 15 is 0 Å². The second-order valence-electron chi connectivity index (χ2n) is 3.28. The summed E-state index contributed by atoms with van der Waals surface area (Å²) < 4.78 is 0. The van der Waals surface area contributed by atoms with Crippen molar-refractivity contribution in [1.29, 1.82) is 0 Å². The fourth-order valence-corrected chi connectivity index (χ4v) is 2.08. The molecule has 0 bridgehead atoms. The van der Waals surface area contributed by atoms with Crippen LogP contribution in [0.4, 0.5) is 0 Å². The molecule has 0 atom stereocenters. The molecule has 0 amide bonds. The molecule has 1 rings (SSSR count).